The zero-order valence-corrected chi connectivity index (χ0v) is 10.7. The van der Waals surface area contributed by atoms with Gasteiger partial charge in [0.2, 0.25) is 0 Å². The first-order valence-electron chi connectivity index (χ1n) is 5.85. The Labute approximate surface area is 111 Å². The number of amides is 1. The second kappa shape index (κ2) is 6.12. The number of hydrogen-bond acceptors (Lipinski definition) is 5. The number of pyridine rings is 1. The van der Waals surface area contributed by atoms with E-state index >= 15 is 0 Å². The number of nitrogens with zero attached hydrogens (tertiary/aromatic N) is 2. The summed E-state index contributed by atoms with van der Waals surface area (Å²) in [5, 5.41) is 0. The van der Waals surface area contributed by atoms with E-state index < -0.39 is 0 Å². The van der Waals surface area contributed by atoms with Gasteiger partial charge in [-0.25, -0.2) is 5.84 Å². The average Bonchev–Trinajstić information content (AvgIpc) is 2.87. The quantitative estimate of drug-likeness (QED) is 0.474. The van der Waals surface area contributed by atoms with Crippen molar-refractivity contribution in [2.75, 3.05) is 7.05 Å². The fourth-order valence-electron chi connectivity index (χ4n) is 1.84. The molecule has 0 aromatic carbocycles. The topological polar surface area (TPSA) is 84.4 Å². The van der Waals surface area contributed by atoms with Crippen molar-refractivity contribution in [3.8, 4) is 0 Å². The van der Waals surface area contributed by atoms with Crippen molar-refractivity contribution in [3.05, 3.63) is 53.7 Å². The zero-order valence-electron chi connectivity index (χ0n) is 10.7. The lowest BCUT2D eigenvalue weighted by Crippen LogP contribution is -2.31. The van der Waals surface area contributed by atoms with Crippen LogP contribution in [-0.4, -0.2) is 22.8 Å². The van der Waals surface area contributed by atoms with Gasteiger partial charge in [0.15, 0.2) is 0 Å². The van der Waals surface area contributed by atoms with Gasteiger partial charge in [0.1, 0.15) is 5.76 Å². The number of furan rings is 1. The van der Waals surface area contributed by atoms with Gasteiger partial charge < -0.3 is 4.42 Å². The lowest BCUT2D eigenvalue weighted by atomic mass is 10.2. The minimum absolute atomic E-state index is 0.346. The maximum absolute atomic E-state index is 11.5. The van der Waals surface area contributed by atoms with Crippen molar-refractivity contribution in [1.82, 2.24) is 15.3 Å². The predicted octanol–water partition coefficient (Wildman–Crippen LogP) is 0.910. The Kier molecular flexibility index (Phi) is 4.27. The molecule has 1 amide bonds. The van der Waals surface area contributed by atoms with Crippen molar-refractivity contribution in [1.29, 1.82) is 0 Å². The molecule has 0 spiro atoms. The van der Waals surface area contributed by atoms with E-state index in [0.29, 0.717) is 17.9 Å². The van der Waals surface area contributed by atoms with E-state index in [2.05, 4.69) is 10.4 Å². The molecule has 0 aliphatic carbocycles. The normalized spacial score (nSPS) is 10.7. The van der Waals surface area contributed by atoms with E-state index in [0.717, 1.165) is 12.1 Å². The Bertz CT molecular complexity index is 539. The van der Waals surface area contributed by atoms with Gasteiger partial charge >= 0.3 is 0 Å². The molecule has 19 heavy (non-hydrogen) atoms. The van der Waals surface area contributed by atoms with Crippen molar-refractivity contribution >= 4 is 5.91 Å². The van der Waals surface area contributed by atoms with Gasteiger partial charge in [0.25, 0.3) is 5.91 Å². The number of hydrazine groups is 1. The monoisotopic (exact) mass is 260 g/mol. The van der Waals surface area contributed by atoms with Crippen LogP contribution in [0.15, 0.2) is 41.3 Å². The Morgan fingerprint density at radius 3 is 2.79 bits per heavy atom. The summed E-state index contributed by atoms with van der Waals surface area (Å²) in [6.45, 7) is 1.27. The SMILES string of the molecule is CN(Cc1ccncc1)Cc1occc1C(=O)NN. The zero-order chi connectivity index (χ0) is 13.7. The largest absolute Gasteiger partial charge is 0.467 e. The number of nitrogens with one attached hydrogen (secondary N) is 1. The molecule has 0 aliphatic rings. The molecule has 2 aromatic heterocycles. The predicted molar refractivity (Wildman–Crippen MR) is 69.8 cm³/mol. The summed E-state index contributed by atoms with van der Waals surface area (Å²) in [6, 6.07) is 5.51. The molecule has 2 aromatic rings. The van der Waals surface area contributed by atoms with E-state index in [9.17, 15) is 4.79 Å². The highest BCUT2D eigenvalue weighted by atomic mass is 16.3. The molecule has 0 radical (unpaired) electrons. The standard InChI is InChI=1S/C13H16N4O2/c1-17(8-10-2-5-15-6-3-10)9-12-11(4-7-19-12)13(18)16-14/h2-7H,8-9,14H2,1H3,(H,16,18). The minimum Gasteiger partial charge on any atom is -0.467 e. The summed E-state index contributed by atoms with van der Waals surface area (Å²) in [5.41, 5.74) is 3.71. The first-order chi connectivity index (χ1) is 9.20. The minimum atomic E-state index is -0.346. The molecule has 0 saturated carbocycles. The first kappa shape index (κ1) is 13.3. The molecule has 0 bridgehead atoms. The molecule has 2 heterocycles. The molecule has 0 fully saturated rings. The number of nitrogen functional groups attached to an aromatic ring is 1. The van der Waals surface area contributed by atoms with Crippen molar-refractivity contribution < 1.29 is 9.21 Å². The third-order valence-electron chi connectivity index (χ3n) is 2.74. The van der Waals surface area contributed by atoms with Gasteiger partial charge in [-0.05, 0) is 30.8 Å². The highest BCUT2D eigenvalue weighted by Gasteiger charge is 2.15. The molecule has 0 atom stereocenters. The molecule has 0 unspecified atom stereocenters. The van der Waals surface area contributed by atoms with Crippen LogP contribution in [0.3, 0.4) is 0 Å². The lowest BCUT2D eigenvalue weighted by Gasteiger charge is -2.15. The van der Waals surface area contributed by atoms with Crippen LogP contribution in [0.5, 0.6) is 0 Å². The Morgan fingerprint density at radius 1 is 1.37 bits per heavy atom. The van der Waals surface area contributed by atoms with Gasteiger partial charge in [0, 0.05) is 18.9 Å². The highest BCUT2D eigenvalue weighted by molar-refractivity contribution is 5.94. The maximum Gasteiger partial charge on any atom is 0.268 e. The van der Waals surface area contributed by atoms with Crippen LogP contribution in [0.4, 0.5) is 0 Å². The summed E-state index contributed by atoms with van der Waals surface area (Å²) in [6.07, 6.45) is 4.99. The number of nitrogens with two attached hydrogens (primary N) is 1. The smallest absolute Gasteiger partial charge is 0.268 e. The van der Waals surface area contributed by atoms with Crippen LogP contribution in [0, 0.1) is 0 Å². The Balaban J connectivity index is 2.01. The lowest BCUT2D eigenvalue weighted by molar-refractivity contribution is 0.0950. The van der Waals surface area contributed by atoms with E-state index in [4.69, 9.17) is 10.3 Å². The second-order valence-corrected chi connectivity index (χ2v) is 4.26. The van der Waals surface area contributed by atoms with Crippen LogP contribution in [0.1, 0.15) is 21.7 Å². The van der Waals surface area contributed by atoms with Crippen LogP contribution >= 0.6 is 0 Å². The van der Waals surface area contributed by atoms with Crippen LogP contribution in [-0.2, 0) is 13.1 Å². The molecule has 6 nitrogen and oxygen atoms in total. The Morgan fingerprint density at radius 2 is 2.11 bits per heavy atom. The Hall–Kier alpha value is -2.18. The van der Waals surface area contributed by atoms with Gasteiger partial charge in [-0.1, -0.05) is 0 Å². The molecule has 3 N–H and O–H groups in total. The van der Waals surface area contributed by atoms with Gasteiger partial charge in [-0.2, -0.15) is 0 Å². The molecular formula is C13H16N4O2. The fourth-order valence-corrected chi connectivity index (χ4v) is 1.84. The summed E-state index contributed by atoms with van der Waals surface area (Å²) >= 11 is 0. The van der Waals surface area contributed by atoms with Crippen molar-refractivity contribution in [2.24, 2.45) is 5.84 Å². The number of rotatable bonds is 5. The van der Waals surface area contributed by atoms with Gasteiger partial charge in [0.05, 0.1) is 18.4 Å². The second-order valence-electron chi connectivity index (χ2n) is 4.26. The molecule has 2 rings (SSSR count). The highest BCUT2D eigenvalue weighted by Crippen LogP contribution is 2.14. The van der Waals surface area contributed by atoms with Crippen LogP contribution in [0.2, 0.25) is 0 Å². The third kappa shape index (κ3) is 3.40. The third-order valence-corrected chi connectivity index (χ3v) is 2.74. The summed E-state index contributed by atoms with van der Waals surface area (Å²) in [5.74, 6) is 5.38. The van der Waals surface area contributed by atoms with E-state index in [1.165, 1.54) is 6.26 Å². The fraction of sp³-hybridized carbons (Fsp3) is 0.231. The van der Waals surface area contributed by atoms with E-state index in [-0.39, 0.29) is 5.91 Å². The van der Waals surface area contributed by atoms with Crippen LogP contribution < -0.4 is 11.3 Å². The van der Waals surface area contributed by atoms with E-state index in [1.54, 1.807) is 18.5 Å². The molecular weight excluding hydrogens is 244 g/mol. The maximum atomic E-state index is 11.5. The first-order valence-corrected chi connectivity index (χ1v) is 5.85. The van der Waals surface area contributed by atoms with Crippen molar-refractivity contribution in [2.45, 2.75) is 13.1 Å². The average molecular weight is 260 g/mol. The van der Waals surface area contributed by atoms with Crippen LogP contribution in [0.25, 0.3) is 0 Å². The number of hydrogen-bond donors (Lipinski definition) is 2. The number of aromatic nitrogens is 1. The van der Waals surface area contributed by atoms with Gasteiger partial charge in [-0.3, -0.25) is 20.1 Å². The summed E-state index contributed by atoms with van der Waals surface area (Å²) in [4.78, 5) is 17.5. The molecule has 6 heteroatoms. The number of carbonyl (C=O) groups excluding carboxylic acids is 1. The van der Waals surface area contributed by atoms with Gasteiger partial charge in [-0.15, -0.1) is 0 Å². The summed E-state index contributed by atoms with van der Waals surface area (Å²) in [7, 11) is 1.95. The number of carbonyl (C=O) groups is 1. The molecule has 100 valence electrons. The van der Waals surface area contributed by atoms with Crippen molar-refractivity contribution in [3.63, 3.8) is 0 Å². The molecule has 0 aliphatic heterocycles. The summed E-state index contributed by atoms with van der Waals surface area (Å²) < 4.78 is 5.33. The molecule has 0 saturated heterocycles. The van der Waals surface area contributed by atoms with E-state index in [1.807, 2.05) is 24.1 Å².